The number of rotatable bonds is 3. The number of hydrogen-bond donors (Lipinski definition) is 0. The van der Waals surface area contributed by atoms with Crippen molar-refractivity contribution < 1.29 is 9.53 Å². The van der Waals surface area contributed by atoms with Gasteiger partial charge < -0.3 is 4.74 Å². The van der Waals surface area contributed by atoms with Crippen molar-refractivity contribution in [1.82, 2.24) is 9.88 Å². The van der Waals surface area contributed by atoms with Crippen LogP contribution in [0.5, 0.6) is 0 Å². The first-order valence-electron chi connectivity index (χ1n) is 5.08. The van der Waals surface area contributed by atoms with E-state index in [0.717, 1.165) is 37.5 Å². The van der Waals surface area contributed by atoms with Gasteiger partial charge in [-0.2, -0.15) is 0 Å². The van der Waals surface area contributed by atoms with Gasteiger partial charge in [0, 0.05) is 18.5 Å². The van der Waals surface area contributed by atoms with Crippen LogP contribution in [-0.4, -0.2) is 42.4 Å². The maximum Gasteiger partial charge on any atom is 0.169 e. The number of ether oxygens (including phenoxy) is 1. The molecule has 2 rings (SSSR count). The van der Waals surface area contributed by atoms with Crippen molar-refractivity contribution in [3.05, 3.63) is 16.1 Å². The maximum atomic E-state index is 10.5. The molecule has 2 heterocycles. The molecule has 1 unspecified atom stereocenters. The molecule has 0 amide bonds. The SMILES string of the molecule is CCN1CCOC(c2nc(C=O)cs2)C1. The summed E-state index contributed by atoms with van der Waals surface area (Å²) in [7, 11) is 0. The Bertz CT molecular complexity index is 340. The molecule has 0 saturated carbocycles. The number of hydrogen-bond acceptors (Lipinski definition) is 5. The van der Waals surface area contributed by atoms with Crippen molar-refractivity contribution in [1.29, 1.82) is 0 Å². The van der Waals surface area contributed by atoms with Gasteiger partial charge in [-0.15, -0.1) is 11.3 Å². The molecule has 0 bridgehead atoms. The summed E-state index contributed by atoms with van der Waals surface area (Å²) >= 11 is 1.50. The monoisotopic (exact) mass is 226 g/mol. The molecule has 1 aliphatic heterocycles. The minimum Gasteiger partial charge on any atom is -0.368 e. The molecular weight excluding hydrogens is 212 g/mol. The third-order valence-corrected chi connectivity index (χ3v) is 3.49. The van der Waals surface area contributed by atoms with Gasteiger partial charge in [0.15, 0.2) is 6.29 Å². The molecule has 0 aromatic carbocycles. The lowest BCUT2D eigenvalue weighted by Gasteiger charge is -2.30. The lowest BCUT2D eigenvalue weighted by molar-refractivity contribution is -0.0282. The molecule has 0 N–H and O–H groups in total. The van der Waals surface area contributed by atoms with E-state index in [4.69, 9.17) is 4.74 Å². The normalized spacial score (nSPS) is 22.9. The first-order chi connectivity index (χ1) is 7.33. The van der Waals surface area contributed by atoms with Gasteiger partial charge in [0.05, 0.1) is 6.61 Å². The quantitative estimate of drug-likeness (QED) is 0.730. The van der Waals surface area contributed by atoms with E-state index in [1.165, 1.54) is 11.3 Å². The van der Waals surface area contributed by atoms with Gasteiger partial charge in [-0.25, -0.2) is 4.98 Å². The largest absolute Gasteiger partial charge is 0.368 e. The van der Waals surface area contributed by atoms with Gasteiger partial charge in [0.1, 0.15) is 16.8 Å². The van der Waals surface area contributed by atoms with Crippen LogP contribution in [0.1, 0.15) is 28.5 Å². The lowest BCUT2D eigenvalue weighted by atomic mass is 10.3. The number of carbonyl (C=O) groups is 1. The number of nitrogens with zero attached hydrogens (tertiary/aromatic N) is 2. The summed E-state index contributed by atoms with van der Waals surface area (Å²) in [5, 5.41) is 2.69. The highest BCUT2D eigenvalue weighted by Gasteiger charge is 2.23. The zero-order valence-corrected chi connectivity index (χ0v) is 9.50. The van der Waals surface area contributed by atoms with Crippen molar-refractivity contribution in [3.63, 3.8) is 0 Å². The van der Waals surface area contributed by atoms with Crippen molar-refractivity contribution in [2.75, 3.05) is 26.2 Å². The third-order valence-electron chi connectivity index (χ3n) is 2.53. The standard InChI is InChI=1S/C10H14N2O2S/c1-2-12-3-4-14-9(5-12)10-11-8(6-13)7-15-10/h6-7,9H,2-5H2,1H3. The Balaban J connectivity index is 2.06. The molecule has 1 aliphatic rings. The fourth-order valence-electron chi connectivity index (χ4n) is 1.64. The first-order valence-corrected chi connectivity index (χ1v) is 5.96. The van der Waals surface area contributed by atoms with Crippen molar-refractivity contribution in [2.45, 2.75) is 13.0 Å². The maximum absolute atomic E-state index is 10.5. The number of carbonyl (C=O) groups excluding carboxylic acids is 1. The number of morpholine rings is 1. The van der Waals surface area contributed by atoms with E-state index in [-0.39, 0.29) is 6.10 Å². The number of aromatic nitrogens is 1. The van der Waals surface area contributed by atoms with Gasteiger partial charge in [0.25, 0.3) is 0 Å². The van der Waals surface area contributed by atoms with Crippen LogP contribution >= 0.6 is 11.3 Å². The molecule has 15 heavy (non-hydrogen) atoms. The fourth-order valence-corrected chi connectivity index (χ4v) is 2.44. The highest BCUT2D eigenvalue weighted by molar-refractivity contribution is 7.09. The van der Waals surface area contributed by atoms with Crippen LogP contribution in [0.2, 0.25) is 0 Å². The summed E-state index contributed by atoms with van der Waals surface area (Å²) in [6.07, 6.45) is 0.817. The number of aldehydes is 1. The van der Waals surface area contributed by atoms with Crippen LogP contribution in [0.25, 0.3) is 0 Å². The average Bonchev–Trinajstić information content (AvgIpc) is 2.78. The van der Waals surface area contributed by atoms with Crippen LogP contribution in [0.3, 0.4) is 0 Å². The minimum atomic E-state index is 0.0393. The smallest absolute Gasteiger partial charge is 0.169 e. The third kappa shape index (κ3) is 2.42. The first kappa shape index (κ1) is 10.7. The minimum absolute atomic E-state index is 0.0393. The fraction of sp³-hybridized carbons (Fsp3) is 0.600. The molecule has 1 fully saturated rings. The summed E-state index contributed by atoms with van der Waals surface area (Å²) in [6, 6.07) is 0. The zero-order chi connectivity index (χ0) is 10.7. The van der Waals surface area contributed by atoms with Crippen molar-refractivity contribution in [3.8, 4) is 0 Å². The molecule has 0 spiro atoms. The van der Waals surface area contributed by atoms with Gasteiger partial charge >= 0.3 is 0 Å². The van der Waals surface area contributed by atoms with Crippen LogP contribution < -0.4 is 0 Å². The van der Waals surface area contributed by atoms with E-state index >= 15 is 0 Å². The van der Waals surface area contributed by atoms with Crippen molar-refractivity contribution in [2.24, 2.45) is 0 Å². The predicted molar refractivity (Wildman–Crippen MR) is 58.3 cm³/mol. The van der Waals surface area contributed by atoms with Gasteiger partial charge in [-0.05, 0) is 6.54 Å². The molecule has 1 saturated heterocycles. The van der Waals surface area contributed by atoms with Gasteiger partial charge in [-0.1, -0.05) is 6.92 Å². The van der Waals surface area contributed by atoms with E-state index < -0.39 is 0 Å². The second-order valence-electron chi connectivity index (χ2n) is 3.48. The highest BCUT2D eigenvalue weighted by atomic mass is 32.1. The molecule has 1 aromatic rings. The summed E-state index contributed by atoms with van der Waals surface area (Å²) in [5.41, 5.74) is 0.507. The molecule has 5 heteroatoms. The van der Waals surface area contributed by atoms with E-state index in [9.17, 15) is 4.79 Å². The van der Waals surface area contributed by atoms with Crippen LogP contribution in [0.4, 0.5) is 0 Å². The molecule has 82 valence electrons. The summed E-state index contributed by atoms with van der Waals surface area (Å²) < 4.78 is 5.64. The molecule has 0 aliphatic carbocycles. The van der Waals surface area contributed by atoms with Gasteiger partial charge in [0.2, 0.25) is 0 Å². The Morgan fingerprint density at radius 2 is 2.67 bits per heavy atom. The van der Waals surface area contributed by atoms with Crippen molar-refractivity contribution >= 4 is 17.6 Å². The summed E-state index contributed by atoms with van der Waals surface area (Å²) in [6.45, 7) is 5.78. The Hall–Kier alpha value is -0.780. The van der Waals surface area contributed by atoms with E-state index in [0.29, 0.717) is 5.69 Å². The van der Waals surface area contributed by atoms with E-state index in [2.05, 4.69) is 16.8 Å². The Morgan fingerprint density at radius 3 is 3.33 bits per heavy atom. The van der Waals surface area contributed by atoms with Gasteiger partial charge in [-0.3, -0.25) is 9.69 Å². The molecule has 1 aromatic heterocycles. The molecular formula is C10H14N2O2S. The Morgan fingerprint density at radius 1 is 1.80 bits per heavy atom. The van der Waals surface area contributed by atoms with Crippen LogP contribution in [0, 0.1) is 0 Å². The second kappa shape index (κ2) is 4.83. The van der Waals surface area contributed by atoms with Crippen LogP contribution in [-0.2, 0) is 4.74 Å². The number of likely N-dealkylation sites (N-methyl/N-ethyl adjacent to an activating group) is 1. The number of thiazole rings is 1. The Labute approximate surface area is 92.9 Å². The zero-order valence-electron chi connectivity index (χ0n) is 8.68. The van der Waals surface area contributed by atoms with E-state index in [1.54, 1.807) is 5.38 Å². The molecule has 1 atom stereocenters. The average molecular weight is 226 g/mol. The van der Waals surface area contributed by atoms with Crippen LogP contribution in [0.15, 0.2) is 5.38 Å². The predicted octanol–water partition coefficient (Wildman–Crippen LogP) is 1.35. The second-order valence-corrected chi connectivity index (χ2v) is 4.37. The summed E-state index contributed by atoms with van der Waals surface area (Å²) in [5.74, 6) is 0. The van der Waals surface area contributed by atoms with E-state index in [1.807, 2.05) is 0 Å². The topological polar surface area (TPSA) is 42.4 Å². The summed E-state index contributed by atoms with van der Waals surface area (Å²) in [4.78, 5) is 17.1. The Kier molecular flexibility index (Phi) is 3.45. The molecule has 0 radical (unpaired) electrons. The lowest BCUT2D eigenvalue weighted by Crippen LogP contribution is -2.38. The highest BCUT2D eigenvalue weighted by Crippen LogP contribution is 2.24. The molecule has 4 nitrogen and oxygen atoms in total.